The molecule has 1 fully saturated rings. The molecular weight excluding hydrogens is 424 g/mol. The summed E-state index contributed by atoms with van der Waals surface area (Å²) >= 11 is 0. The van der Waals surface area contributed by atoms with Gasteiger partial charge in [0.05, 0.1) is 17.3 Å². The summed E-state index contributed by atoms with van der Waals surface area (Å²) in [5, 5.41) is 8.44. The molecule has 1 unspecified atom stereocenters. The smallest absolute Gasteiger partial charge is 0.169 e. The average molecular weight is 449 g/mol. The highest BCUT2D eigenvalue weighted by molar-refractivity contribution is 6.16. The summed E-state index contributed by atoms with van der Waals surface area (Å²) in [4.78, 5) is 25.9. The molecule has 0 bridgehead atoms. The lowest BCUT2D eigenvalue weighted by Gasteiger charge is -2.21. The Labute approximate surface area is 197 Å². The first-order valence-electron chi connectivity index (χ1n) is 11.3. The van der Waals surface area contributed by atoms with Crippen molar-refractivity contribution in [1.29, 1.82) is 0 Å². The first-order valence-corrected chi connectivity index (χ1v) is 11.3. The van der Waals surface area contributed by atoms with Crippen molar-refractivity contribution in [2.24, 2.45) is 5.92 Å². The molecule has 6 heteroatoms. The third-order valence-corrected chi connectivity index (χ3v) is 6.02. The molecule has 168 valence electrons. The van der Waals surface area contributed by atoms with Crippen LogP contribution in [0.3, 0.4) is 0 Å². The molecule has 0 amide bonds. The summed E-state index contributed by atoms with van der Waals surface area (Å²) in [5.41, 5.74) is 4.47. The third kappa shape index (κ3) is 4.71. The molecule has 1 aliphatic carbocycles. The lowest BCUT2D eigenvalue weighted by molar-refractivity contribution is -0.129. The fourth-order valence-electron chi connectivity index (χ4n) is 4.19. The maximum absolute atomic E-state index is 13.1. The number of allylic oxidation sites excluding steroid dienone is 2. The third-order valence-electron chi connectivity index (χ3n) is 6.02. The largest absolute Gasteiger partial charge is 0.294 e. The van der Waals surface area contributed by atoms with Crippen molar-refractivity contribution in [3.63, 3.8) is 0 Å². The van der Waals surface area contributed by atoms with E-state index in [1.807, 2.05) is 79.1 Å². The molecule has 0 spiro atoms. The number of hydrogen-bond acceptors (Lipinski definition) is 4. The van der Waals surface area contributed by atoms with Crippen LogP contribution in [-0.4, -0.2) is 31.1 Å². The fourth-order valence-corrected chi connectivity index (χ4v) is 4.19. The van der Waals surface area contributed by atoms with Crippen molar-refractivity contribution in [1.82, 2.24) is 19.6 Å². The van der Waals surface area contributed by atoms with Gasteiger partial charge in [-0.25, -0.2) is 9.36 Å². The molecule has 0 aliphatic heterocycles. The molecule has 2 aromatic carbocycles. The zero-order chi connectivity index (χ0) is 23.3. The van der Waals surface area contributed by atoms with Crippen LogP contribution in [-0.2, 0) is 9.59 Å². The van der Waals surface area contributed by atoms with Gasteiger partial charge in [0.1, 0.15) is 0 Å². The summed E-state index contributed by atoms with van der Waals surface area (Å²) in [6.45, 7) is 0. The second-order valence-corrected chi connectivity index (χ2v) is 8.30. The molecule has 1 atom stereocenters. The van der Waals surface area contributed by atoms with Gasteiger partial charge in [-0.3, -0.25) is 9.59 Å². The predicted octanol–water partition coefficient (Wildman–Crippen LogP) is 5.09. The Kier molecular flexibility index (Phi) is 6.12. The highest BCUT2D eigenvalue weighted by Crippen LogP contribution is 2.28. The molecule has 1 aliphatic rings. The van der Waals surface area contributed by atoms with Gasteiger partial charge in [-0.2, -0.15) is 10.2 Å². The number of benzene rings is 2. The molecule has 0 N–H and O–H groups in total. The topological polar surface area (TPSA) is 69.8 Å². The predicted molar refractivity (Wildman–Crippen MR) is 131 cm³/mol. The van der Waals surface area contributed by atoms with E-state index >= 15 is 0 Å². The number of rotatable bonds is 6. The van der Waals surface area contributed by atoms with Crippen LogP contribution in [0.15, 0.2) is 97.1 Å². The quantitative estimate of drug-likeness (QED) is 0.304. The van der Waals surface area contributed by atoms with Crippen molar-refractivity contribution in [2.45, 2.75) is 19.3 Å². The lowest BCUT2D eigenvalue weighted by atomic mass is 9.81. The van der Waals surface area contributed by atoms with Crippen molar-refractivity contribution in [3.8, 4) is 11.4 Å². The molecule has 0 saturated heterocycles. The van der Waals surface area contributed by atoms with Crippen LogP contribution in [0.5, 0.6) is 0 Å². The minimum absolute atomic E-state index is 0.0638. The summed E-state index contributed by atoms with van der Waals surface area (Å²) in [5.74, 6) is -0.810. The number of nitrogens with zero attached hydrogens (tertiary/aromatic N) is 4. The van der Waals surface area contributed by atoms with Crippen molar-refractivity contribution in [3.05, 3.63) is 108 Å². The molecule has 34 heavy (non-hydrogen) atoms. The second-order valence-electron chi connectivity index (χ2n) is 8.30. The van der Waals surface area contributed by atoms with Crippen molar-refractivity contribution >= 4 is 23.7 Å². The van der Waals surface area contributed by atoms with E-state index in [1.165, 1.54) is 6.08 Å². The van der Waals surface area contributed by atoms with E-state index in [1.54, 1.807) is 27.8 Å². The Balaban J connectivity index is 1.26. The maximum Gasteiger partial charge on any atom is 0.169 e. The molecule has 6 nitrogen and oxygen atoms in total. The Morgan fingerprint density at radius 2 is 1.44 bits per heavy atom. The number of aromatic nitrogens is 4. The number of Topliss-reactive ketones (excluding diaryl/α,β-unsaturated/α-hetero) is 1. The summed E-state index contributed by atoms with van der Waals surface area (Å²) in [6.07, 6.45) is 14.6. The van der Waals surface area contributed by atoms with E-state index in [2.05, 4.69) is 10.2 Å². The van der Waals surface area contributed by atoms with Crippen LogP contribution >= 0.6 is 0 Å². The van der Waals surface area contributed by atoms with Gasteiger partial charge in [0, 0.05) is 24.8 Å². The van der Waals surface area contributed by atoms with Gasteiger partial charge in [-0.1, -0.05) is 30.3 Å². The Hall–Kier alpha value is -4.32. The standard InChI is InChI=1S/C28H24N4O2/c33-27(15-10-21-6-11-24(12-7-21)31-18-2-16-29-31)26-5-1-4-23(28(26)34)20-22-8-13-25(14-9-22)32-19-3-17-30-32/h2-3,6-20,26H,1,4-5H2/b15-10+,23-20-. The lowest BCUT2D eigenvalue weighted by Crippen LogP contribution is -2.27. The van der Waals surface area contributed by atoms with Crippen molar-refractivity contribution < 1.29 is 9.59 Å². The van der Waals surface area contributed by atoms with Crippen molar-refractivity contribution in [2.75, 3.05) is 0 Å². The molecule has 1 saturated carbocycles. The molecule has 2 heterocycles. The van der Waals surface area contributed by atoms with Crippen LogP contribution in [0.2, 0.25) is 0 Å². The zero-order valence-electron chi connectivity index (χ0n) is 18.6. The van der Waals surface area contributed by atoms with Crippen LogP contribution in [0.1, 0.15) is 30.4 Å². The Morgan fingerprint density at radius 1 is 0.853 bits per heavy atom. The molecule has 4 aromatic rings. The Bertz CT molecular complexity index is 1330. The second kappa shape index (κ2) is 9.67. The first kappa shape index (κ1) is 21.5. The monoisotopic (exact) mass is 448 g/mol. The summed E-state index contributed by atoms with van der Waals surface area (Å²) in [6, 6.07) is 19.4. The van der Waals surface area contributed by atoms with Crippen LogP contribution in [0.25, 0.3) is 23.5 Å². The maximum atomic E-state index is 13.1. The van der Waals surface area contributed by atoms with Crippen LogP contribution in [0, 0.1) is 5.92 Å². The average Bonchev–Trinajstić information content (AvgIpc) is 3.60. The van der Waals surface area contributed by atoms with Crippen LogP contribution < -0.4 is 0 Å². The van der Waals surface area contributed by atoms with E-state index in [9.17, 15) is 9.59 Å². The van der Waals surface area contributed by atoms with Gasteiger partial charge in [0.15, 0.2) is 11.6 Å². The highest BCUT2D eigenvalue weighted by Gasteiger charge is 2.30. The number of hydrogen-bond donors (Lipinski definition) is 0. The van der Waals surface area contributed by atoms with E-state index in [0.29, 0.717) is 18.4 Å². The van der Waals surface area contributed by atoms with E-state index in [4.69, 9.17) is 0 Å². The van der Waals surface area contributed by atoms with E-state index in [0.717, 1.165) is 28.9 Å². The molecule has 0 radical (unpaired) electrons. The molecule has 5 rings (SSSR count). The molecular formula is C28H24N4O2. The van der Waals surface area contributed by atoms with E-state index in [-0.39, 0.29) is 11.6 Å². The number of ketones is 2. The van der Waals surface area contributed by atoms with Crippen LogP contribution in [0.4, 0.5) is 0 Å². The Morgan fingerprint density at radius 3 is 2.00 bits per heavy atom. The first-order chi connectivity index (χ1) is 16.7. The highest BCUT2D eigenvalue weighted by atomic mass is 16.1. The summed E-state index contributed by atoms with van der Waals surface area (Å²) in [7, 11) is 0. The molecule has 2 aromatic heterocycles. The van der Waals surface area contributed by atoms with Gasteiger partial charge in [0.2, 0.25) is 0 Å². The van der Waals surface area contributed by atoms with Gasteiger partial charge in [0.25, 0.3) is 0 Å². The minimum Gasteiger partial charge on any atom is -0.294 e. The van der Waals surface area contributed by atoms with Gasteiger partial charge >= 0.3 is 0 Å². The van der Waals surface area contributed by atoms with Gasteiger partial charge in [-0.05, 0) is 84.5 Å². The minimum atomic E-state index is -0.608. The van der Waals surface area contributed by atoms with Gasteiger partial charge < -0.3 is 0 Å². The number of carbonyl (C=O) groups excluding carboxylic acids is 2. The fraction of sp³-hybridized carbons (Fsp3) is 0.143. The van der Waals surface area contributed by atoms with E-state index < -0.39 is 5.92 Å². The SMILES string of the molecule is O=C(/C=C/c1ccc(-n2cccn2)cc1)C1CCC/C(=C/c2ccc(-n3cccn3)cc2)C1=O. The summed E-state index contributed by atoms with van der Waals surface area (Å²) < 4.78 is 3.56. The zero-order valence-corrected chi connectivity index (χ0v) is 18.6. The van der Waals surface area contributed by atoms with Gasteiger partial charge in [-0.15, -0.1) is 0 Å². The number of carbonyl (C=O) groups is 2. The normalized spacial score (nSPS) is 17.5.